The number of carbonyl (C=O) groups is 2. The van der Waals surface area contributed by atoms with E-state index >= 15 is 0 Å². The first-order valence-electron chi connectivity index (χ1n) is 6.65. The van der Waals surface area contributed by atoms with Crippen molar-refractivity contribution in [1.82, 2.24) is 10.2 Å². The van der Waals surface area contributed by atoms with Gasteiger partial charge in [0.1, 0.15) is 11.8 Å². The van der Waals surface area contributed by atoms with Crippen molar-refractivity contribution >= 4 is 11.8 Å². The van der Waals surface area contributed by atoms with Crippen molar-refractivity contribution in [2.24, 2.45) is 0 Å². The maximum atomic E-state index is 12.3. The molecule has 0 aromatic carbocycles. The molecule has 2 heterocycles. The third kappa shape index (κ3) is 3.34. The fraction of sp³-hybridized carbons (Fsp3) is 0.333. The van der Waals surface area contributed by atoms with Crippen LogP contribution in [-0.2, 0) is 4.79 Å². The zero-order valence-electron chi connectivity index (χ0n) is 12.2. The Labute approximate surface area is 122 Å². The Balaban J connectivity index is 1.97. The number of amides is 2. The van der Waals surface area contributed by atoms with Gasteiger partial charge in [-0.2, -0.15) is 0 Å². The molecule has 2 unspecified atom stereocenters. The van der Waals surface area contributed by atoms with Gasteiger partial charge >= 0.3 is 0 Å². The van der Waals surface area contributed by atoms with E-state index in [2.05, 4.69) is 5.32 Å². The molecule has 2 rings (SSSR count). The molecular formula is C15H18N2O4. The maximum Gasteiger partial charge on any atom is 0.287 e. The van der Waals surface area contributed by atoms with Gasteiger partial charge in [-0.1, -0.05) is 0 Å². The number of hydrogen-bond acceptors (Lipinski definition) is 4. The van der Waals surface area contributed by atoms with Gasteiger partial charge in [-0.25, -0.2) is 0 Å². The zero-order valence-corrected chi connectivity index (χ0v) is 12.2. The lowest BCUT2D eigenvalue weighted by molar-refractivity contribution is -0.133. The first-order valence-corrected chi connectivity index (χ1v) is 6.65. The van der Waals surface area contributed by atoms with Crippen molar-refractivity contribution in [3.63, 3.8) is 0 Å². The van der Waals surface area contributed by atoms with E-state index in [4.69, 9.17) is 8.83 Å². The molecule has 0 fully saturated rings. The molecule has 0 saturated heterocycles. The molecule has 0 bridgehead atoms. The molecule has 0 radical (unpaired) electrons. The summed E-state index contributed by atoms with van der Waals surface area (Å²) < 4.78 is 10.3. The van der Waals surface area contributed by atoms with Gasteiger partial charge in [-0.3, -0.25) is 9.59 Å². The highest BCUT2D eigenvalue weighted by molar-refractivity contribution is 5.95. The molecule has 0 spiro atoms. The Bertz CT molecular complexity index is 589. The van der Waals surface area contributed by atoms with E-state index in [0.29, 0.717) is 5.76 Å². The summed E-state index contributed by atoms with van der Waals surface area (Å²) in [6.07, 6.45) is 2.97. The van der Waals surface area contributed by atoms with Crippen LogP contribution < -0.4 is 5.32 Å². The maximum absolute atomic E-state index is 12.3. The quantitative estimate of drug-likeness (QED) is 0.916. The smallest absolute Gasteiger partial charge is 0.287 e. The van der Waals surface area contributed by atoms with Crippen molar-refractivity contribution in [1.29, 1.82) is 0 Å². The number of nitrogens with one attached hydrogen (secondary N) is 1. The molecule has 2 aromatic rings. The molecule has 2 atom stereocenters. The summed E-state index contributed by atoms with van der Waals surface area (Å²) in [5, 5.41) is 2.61. The highest BCUT2D eigenvalue weighted by Crippen LogP contribution is 2.19. The van der Waals surface area contributed by atoms with Crippen molar-refractivity contribution in [2.45, 2.75) is 25.9 Å². The summed E-state index contributed by atoms with van der Waals surface area (Å²) in [6, 6.07) is 5.86. The van der Waals surface area contributed by atoms with Crippen LogP contribution >= 0.6 is 0 Å². The van der Waals surface area contributed by atoms with E-state index in [1.165, 1.54) is 11.2 Å². The molecule has 0 aliphatic rings. The van der Waals surface area contributed by atoms with Crippen molar-refractivity contribution in [3.8, 4) is 0 Å². The molecule has 6 nitrogen and oxygen atoms in total. The summed E-state index contributed by atoms with van der Waals surface area (Å²) in [5.41, 5.74) is 0. The van der Waals surface area contributed by atoms with Gasteiger partial charge in [-0.05, 0) is 38.1 Å². The number of carbonyl (C=O) groups excluding carboxylic acids is 2. The average molecular weight is 290 g/mol. The fourth-order valence-electron chi connectivity index (χ4n) is 1.95. The molecule has 0 saturated carbocycles. The van der Waals surface area contributed by atoms with Gasteiger partial charge in [0.05, 0.1) is 18.6 Å². The van der Waals surface area contributed by atoms with Crippen molar-refractivity contribution in [3.05, 3.63) is 48.3 Å². The van der Waals surface area contributed by atoms with E-state index in [1.54, 1.807) is 44.5 Å². The summed E-state index contributed by atoms with van der Waals surface area (Å²) in [4.78, 5) is 25.7. The van der Waals surface area contributed by atoms with E-state index in [9.17, 15) is 9.59 Å². The number of furan rings is 2. The monoisotopic (exact) mass is 290 g/mol. The van der Waals surface area contributed by atoms with Gasteiger partial charge in [0.15, 0.2) is 5.76 Å². The second-order valence-corrected chi connectivity index (χ2v) is 4.81. The first-order chi connectivity index (χ1) is 10.0. The second-order valence-electron chi connectivity index (χ2n) is 4.81. The van der Waals surface area contributed by atoms with Crippen molar-refractivity contribution < 1.29 is 18.4 Å². The minimum atomic E-state index is -0.662. The normalized spacial score (nSPS) is 13.5. The minimum Gasteiger partial charge on any atom is -0.467 e. The summed E-state index contributed by atoms with van der Waals surface area (Å²) in [6.45, 7) is 3.49. The highest BCUT2D eigenvalue weighted by atomic mass is 16.3. The van der Waals surface area contributed by atoms with Crippen LogP contribution in [0.2, 0.25) is 0 Å². The zero-order chi connectivity index (χ0) is 15.4. The molecule has 6 heteroatoms. The number of nitrogens with zero attached hydrogens (tertiary/aromatic N) is 1. The highest BCUT2D eigenvalue weighted by Gasteiger charge is 2.25. The minimum absolute atomic E-state index is 0.177. The predicted molar refractivity (Wildman–Crippen MR) is 75.5 cm³/mol. The van der Waals surface area contributed by atoms with Crippen LogP contribution in [0.3, 0.4) is 0 Å². The Morgan fingerprint density at radius 2 is 1.81 bits per heavy atom. The van der Waals surface area contributed by atoms with E-state index < -0.39 is 11.9 Å². The average Bonchev–Trinajstić information content (AvgIpc) is 3.16. The second kappa shape index (κ2) is 6.30. The molecule has 0 aliphatic carbocycles. The SMILES string of the molecule is CC(NC(=O)c1ccco1)C(=O)N(C)C(C)c1ccco1. The topological polar surface area (TPSA) is 75.7 Å². The summed E-state index contributed by atoms with van der Waals surface area (Å²) in [7, 11) is 1.67. The number of hydrogen-bond donors (Lipinski definition) is 1. The Morgan fingerprint density at radius 3 is 2.38 bits per heavy atom. The van der Waals surface area contributed by atoms with Crippen molar-refractivity contribution in [2.75, 3.05) is 7.05 Å². The lowest BCUT2D eigenvalue weighted by atomic mass is 10.2. The summed E-state index contributed by atoms with van der Waals surface area (Å²) in [5.74, 6) is 0.241. The van der Waals surface area contributed by atoms with Crippen LogP contribution in [0.25, 0.3) is 0 Å². The van der Waals surface area contributed by atoms with Crippen LogP contribution in [0.5, 0.6) is 0 Å². The third-order valence-corrected chi connectivity index (χ3v) is 3.35. The van der Waals surface area contributed by atoms with Crippen LogP contribution in [0.1, 0.15) is 36.2 Å². The first kappa shape index (κ1) is 14.9. The predicted octanol–water partition coefficient (Wildman–Crippen LogP) is 2.21. The van der Waals surface area contributed by atoms with Gasteiger partial charge in [0.2, 0.25) is 5.91 Å². The fourth-order valence-corrected chi connectivity index (χ4v) is 1.95. The summed E-state index contributed by atoms with van der Waals surface area (Å²) >= 11 is 0. The van der Waals surface area contributed by atoms with Crippen LogP contribution in [0, 0.1) is 0 Å². The van der Waals surface area contributed by atoms with Crippen LogP contribution in [-0.4, -0.2) is 29.8 Å². The number of likely N-dealkylation sites (N-methyl/N-ethyl adjacent to an activating group) is 1. The van der Waals surface area contributed by atoms with Crippen LogP contribution in [0.4, 0.5) is 0 Å². The van der Waals surface area contributed by atoms with Crippen LogP contribution in [0.15, 0.2) is 45.6 Å². The number of rotatable bonds is 5. The molecular weight excluding hydrogens is 272 g/mol. The van der Waals surface area contributed by atoms with E-state index in [-0.39, 0.29) is 17.7 Å². The van der Waals surface area contributed by atoms with E-state index in [1.807, 2.05) is 6.92 Å². The lowest BCUT2D eigenvalue weighted by Gasteiger charge is -2.26. The molecule has 0 aliphatic heterocycles. The molecule has 1 N–H and O–H groups in total. The Kier molecular flexibility index (Phi) is 4.47. The van der Waals surface area contributed by atoms with Gasteiger partial charge < -0.3 is 19.1 Å². The standard InChI is InChI=1S/C15H18N2O4/c1-10(16-14(18)13-7-5-9-21-13)15(19)17(3)11(2)12-6-4-8-20-12/h4-11H,1-3H3,(H,16,18). The third-order valence-electron chi connectivity index (χ3n) is 3.35. The lowest BCUT2D eigenvalue weighted by Crippen LogP contribution is -2.46. The largest absolute Gasteiger partial charge is 0.467 e. The van der Waals surface area contributed by atoms with Gasteiger partial charge in [0.25, 0.3) is 5.91 Å². The van der Waals surface area contributed by atoms with Gasteiger partial charge in [0, 0.05) is 7.05 Å². The molecule has 21 heavy (non-hydrogen) atoms. The molecule has 2 amide bonds. The molecule has 2 aromatic heterocycles. The Morgan fingerprint density at radius 1 is 1.14 bits per heavy atom. The van der Waals surface area contributed by atoms with E-state index in [0.717, 1.165) is 0 Å². The Hall–Kier alpha value is -2.50. The molecule has 112 valence electrons. The van der Waals surface area contributed by atoms with Gasteiger partial charge in [-0.15, -0.1) is 0 Å².